The summed E-state index contributed by atoms with van der Waals surface area (Å²) in [5.74, 6) is 1.44. The number of furan rings is 1. The van der Waals surface area contributed by atoms with E-state index in [4.69, 9.17) is 4.42 Å². The van der Waals surface area contributed by atoms with Crippen LogP contribution in [0.15, 0.2) is 50.4 Å². The van der Waals surface area contributed by atoms with Crippen LogP contribution in [0.25, 0.3) is 22.2 Å². The third-order valence-electron chi connectivity index (χ3n) is 6.37. The van der Waals surface area contributed by atoms with Crippen molar-refractivity contribution in [2.24, 2.45) is 20.0 Å². The summed E-state index contributed by atoms with van der Waals surface area (Å²) in [6.45, 7) is 4.73. The molecule has 0 bridgehead atoms. The predicted octanol–water partition coefficient (Wildman–Crippen LogP) is 3.92. The number of aryl methyl sites for hydroxylation is 2. The van der Waals surface area contributed by atoms with E-state index in [9.17, 15) is 14.0 Å². The van der Waals surface area contributed by atoms with Crippen molar-refractivity contribution >= 4 is 10.9 Å². The highest BCUT2D eigenvalue weighted by atomic mass is 19.1. The van der Waals surface area contributed by atoms with E-state index in [1.165, 1.54) is 23.7 Å². The maximum atomic E-state index is 14.2. The van der Waals surface area contributed by atoms with Gasteiger partial charge in [-0.05, 0) is 43.5 Å². The molecule has 1 aliphatic heterocycles. The molecule has 1 aliphatic rings. The first-order chi connectivity index (χ1) is 14.8. The molecule has 3 aromatic heterocycles. The van der Waals surface area contributed by atoms with Gasteiger partial charge in [-0.2, -0.15) is 0 Å². The average Bonchev–Trinajstić information content (AvgIpc) is 3.31. The van der Waals surface area contributed by atoms with Crippen molar-refractivity contribution in [2.75, 3.05) is 0 Å². The third-order valence-corrected chi connectivity index (χ3v) is 6.37. The van der Waals surface area contributed by atoms with Crippen molar-refractivity contribution in [3.63, 3.8) is 0 Å². The molecule has 6 nitrogen and oxygen atoms in total. The van der Waals surface area contributed by atoms with Gasteiger partial charge in [0.1, 0.15) is 17.3 Å². The zero-order chi connectivity index (χ0) is 22.0. The van der Waals surface area contributed by atoms with Crippen molar-refractivity contribution in [1.82, 2.24) is 13.7 Å². The molecule has 2 atom stereocenters. The number of halogens is 1. The maximum absolute atomic E-state index is 14.2. The number of hydrogen-bond donors (Lipinski definition) is 0. The van der Waals surface area contributed by atoms with Crippen molar-refractivity contribution in [3.05, 3.63) is 80.3 Å². The summed E-state index contributed by atoms with van der Waals surface area (Å²) < 4.78 is 24.9. The molecule has 0 aliphatic carbocycles. The minimum absolute atomic E-state index is 0.111. The fraction of sp³-hybridized carbons (Fsp3) is 0.333. The molecule has 0 radical (unpaired) electrons. The Balaban J connectivity index is 1.98. The van der Waals surface area contributed by atoms with E-state index in [0.717, 1.165) is 28.2 Å². The van der Waals surface area contributed by atoms with Crippen LogP contribution >= 0.6 is 0 Å². The SMILES string of the molecule is Cc1ccc([C@H]2C[C@@H](C)Cn3c(-c4cccc(F)c4)c4c(=O)n(C)c(=O)n(C)c4c32)o1. The maximum Gasteiger partial charge on any atom is 0.331 e. The Morgan fingerprint density at radius 3 is 2.55 bits per heavy atom. The van der Waals surface area contributed by atoms with Gasteiger partial charge in [-0.1, -0.05) is 19.1 Å². The van der Waals surface area contributed by atoms with E-state index in [0.29, 0.717) is 34.6 Å². The second-order valence-corrected chi connectivity index (χ2v) is 8.63. The van der Waals surface area contributed by atoms with Gasteiger partial charge in [-0.15, -0.1) is 0 Å². The monoisotopic (exact) mass is 421 g/mol. The molecule has 0 N–H and O–H groups in total. The first-order valence-corrected chi connectivity index (χ1v) is 10.4. The quantitative estimate of drug-likeness (QED) is 0.493. The first kappa shape index (κ1) is 19.6. The Hall–Kier alpha value is -3.35. The Labute approximate surface area is 178 Å². The van der Waals surface area contributed by atoms with Gasteiger partial charge in [0, 0.05) is 26.2 Å². The van der Waals surface area contributed by atoms with Gasteiger partial charge in [0.2, 0.25) is 0 Å². The lowest BCUT2D eigenvalue weighted by molar-refractivity contribution is 0.340. The number of nitrogens with zero attached hydrogens (tertiary/aromatic N) is 3. The van der Waals surface area contributed by atoms with Crippen LogP contribution in [0.5, 0.6) is 0 Å². The highest BCUT2D eigenvalue weighted by Gasteiger charge is 2.35. The van der Waals surface area contributed by atoms with Gasteiger partial charge in [0.15, 0.2) is 0 Å². The average molecular weight is 421 g/mol. The number of rotatable bonds is 2. The summed E-state index contributed by atoms with van der Waals surface area (Å²) in [5.41, 5.74) is 1.99. The second kappa shape index (κ2) is 6.83. The minimum atomic E-state index is -0.385. The lowest BCUT2D eigenvalue weighted by Gasteiger charge is -2.30. The molecule has 4 heterocycles. The molecular formula is C24H24FN3O3. The number of aromatic nitrogens is 3. The fourth-order valence-electron chi connectivity index (χ4n) is 5.01. The molecule has 0 saturated carbocycles. The zero-order valence-corrected chi connectivity index (χ0v) is 18.0. The summed E-state index contributed by atoms with van der Waals surface area (Å²) in [5, 5.41) is 0.438. The normalized spacial score (nSPS) is 18.5. The summed E-state index contributed by atoms with van der Waals surface area (Å²) in [6.07, 6.45) is 0.831. The van der Waals surface area contributed by atoms with E-state index in [1.807, 2.05) is 19.1 Å². The van der Waals surface area contributed by atoms with E-state index in [-0.39, 0.29) is 23.0 Å². The van der Waals surface area contributed by atoms with Crippen molar-refractivity contribution in [3.8, 4) is 11.3 Å². The highest BCUT2D eigenvalue weighted by Crippen LogP contribution is 2.44. The Bertz CT molecular complexity index is 1450. The van der Waals surface area contributed by atoms with Gasteiger partial charge < -0.3 is 8.98 Å². The molecule has 0 spiro atoms. The summed E-state index contributed by atoms with van der Waals surface area (Å²) in [6, 6.07) is 10.2. The van der Waals surface area contributed by atoms with Crippen LogP contribution < -0.4 is 11.2 Å². The fourth-order valence-corrected chi connectivity index (χ4v) is 5.01. The minimum Gasteiger partial charge on any atom is -0.466 e. The molecule has 1 aromatic carbocycles. The lowest BCUT2D eigenvalue weighted by Crippen LogP contribution is -2.37. The number of fused-ring (bicyclic) bond motifs is 3. The summed E-state index contributed by atoms with van der Waals surface area (Å²) in [7, 11) is 3.16. The van der Waals surface area contributed by atoms with E-state index < -0.39 is 0 Å². The van der Waals surface area contributed by atoms with Gasteiger partial charge in [0.05, 0.1) is 28.2 Å². The molecular weight excluding hydrogens is 397 g/mol. The molecule has 0 fully saturated rings. The largest absolute Gasteiger partial charge is 0.466 e. The zero-order valence-electron chi connectivity index (χ0n) is 18.0. The smallest absolute Gasteiger partial charge is 0.331 e. The van der Waals surface area contributed by atoms with Crippen LogP contribution in [0, 0.1) is 18.7 Å². The standard InChI is InChI=1S/C24H24FN3O3/c1-13-10-17(18-9-8-14(2)31-18)21-22-19(23(29)27(4)24(30)26(22)3)20(28(21)12-13)15-6-5-7-16(25)11-15/h5-9,11,13,17H,10,12H2,1-4H3/t13-,17-/m1/s1. The van der Waals surface area contributed by atoms with Gasteiger partial charge in [-0.25, -0.2) is 9.18 Å². The van der Waals surface area contributed by atoms with Crippen LogP contribution in [0.2, 0.25) is 0 Å². The van der Waals surface area contributed by atoms with Gasteiger partial charge >= 0.3 is 5.69 Å². The van der Waals surface area contributed by atoms with Crippen LogP contribution in [-0.4, -0.2) is 13.7 Å². The second-order valence-electron chi connectivity index (χ2n) is 8.63. The lowest BCUT2D eigenvalue weighted by atomic mass is 9.87. The molecule has 160 valence electrons. The first-order valence-electron chi connectivity index (χ1n) is 10.4. The molecule has 4 aromatic rings. The molecule has 7 heteroatoms. The third kappa shape index (κ3) is 2.83. The number of benzene rings is 1. The molecule has 0 unspecified atom stereocenters. The Morgan fingerprint density at radius 2 is 1.87 bits per heavy atom. The van der Waals surface area contributed by atoms with Crippen LogP contribution in [0.3, 0.4) is 0 Å². The van der Waals surface area contributed by atoms with Crippen LogP contribution in [-0.2, 0) is 20.6 Å². The molecule has 5 rings (SSSR count). The topological polar surface area (TPSA) is 62.1 Å². The van der Waals surface area contributed by atoms with E-state index in [2.05, 4.69) is 11.5 Å². The highest BCUT2D eigenvalue weighted by molar-refractivity contribution is 5.96. The van der Waals surface area contributed by atoms with E-state index >= 15 is 0 Å². The van der Waals surface area contributed by atoms with Crippen LogP contribution in [0.1, 0.15) is 36.5 Å². The van der Waals surface area contributed by atoms with Gasteiger partial charge in [0.25, 0.3) is 5.56 Å². The molecule has 0 saturated heterocycles. The number of hydrogen-bond acceptors (Lipinski definition) is 3. The van der Waals surface area contributed by atoms with Crippen LogP contribution in [0.4, 0.5) is 4.39 Å². The predicted molar refractivity (Wildman–Crippen MR) is 117 cm³/mol. The summed E-state index contributed by atoms with van der Waals surface area (Å²) in [4.78, 5) is 26.2. The van der Waals surface area contributed by atoms with E-state index in [1.54, 1.807) is 19.2 Å². The Morgan fingerprint density at radius 1 is 1.10 bits per heavy atom. The summed E-state index contributed by atoms with van der Waals surface area (Å²) >= 11 is 0. The molecule has 31 heavy (non-hydrogen) atoms. The van der Waals surface area contributed by atoms with Crippen molar-refractivity contribution in [1.29, 1.82) is 0 Å². The Kier molecular flexibility index (Phi) is 4.32. The van der Waals surface area contributed by atoms with Crippen molar-refractivity contribution in [2.45, 2.75) is 32.7 Å². The van der Waals surface area contributed by atoms with Gasteiger partial charge in [-0.3, -0.25) is 13.9 Å². The molecule has 0 amide bonds. The van der Waals surface area contributed by atoms with Crippen molar-refractivity contribution < 1.29 is 8.81 Å².